The molecular formula is C24H25N3O5. The van der Waals surface area contributed by atoms with E-state index in [1.807, 2.05) is 0 Å². The van der Waals surface area contributed by atoms with Gasteiger partial charge in [0.2, 0.25) is 6.79 Å². The van der Waals surface area contributed by atoms with Gasteiger partial charge in [0.05, 0.1) is 17.4 Å². The first kappa shape index (κ1) is 20.4. The molecule has 0 spiro atoms. The number of amides is 1. The lowest BCUT2D eigenvalue weighted by Gasteiger charge is -2.16. The van der Waals surface area contributed by atoms with Crippen molar-refractivity contribution in [3.63, 3.8) is 0 Å². The highest BCUT2D eigenvalue weighted by molar-refractivity contribution is 5.97. The SMILES string of the molecule is O=C(NCCOc1ccc2c(c1)OCO2)c1ccc2c(=O)n3c(nc2c1)CCCCCC3. The molecule has 0 saturated heterocycles. The average molecular weight is 435 g/mol. The summed E-state index contributed by atoms with van der Waals surface area (Å²) in [5.74, 6) is 2.59. The lowest BCUT2D eigenvalue weighted by Crippen LogP contribution is -2.29. The highest BCUT2D eigenvalue weighted by atomic mass is 16.7. The molecule has 0 radical (unpaired) electrons. The van der Waals surface area contributed by atoms with Crippen LogP contribution >= 0.6 is 0 Å². The van der Waals surface area contributed by atoms with Crippen molar-refractivity contribution < 1.29 is 19.0 Å². The van der Waals surface area contributed by atoms with Crippen molar-refractivity contribution in [2.75, 3.05) is 19.9 Å². The number of benzene rings is 2. The van der Waals surface area contributed by atoms with Crippen LogP contribution in [0, 0.1) is 0 Å². The number of rotatable bonds is 5. The van der Waals surface area contributed by atoms with Gasteiger partial charge in [-0.2, -0.15) is 0 Å². The molecule has 0 atom stereocenters. The maximum Gasteiger partial charge on any atom is 0.261 e. The van der Waals surface area contributed by atoms with Gasteiger partial charge in [-0.05, 0) is 43.2 Å². The molecule has 166 valence electrons. The van der Waals surface area contributed by atoms with Crippen molar-refractivity contribution in [2.24, 2.45) is 0 Å². The van der Waals surface area contributed by atoms with Crippen LogP contribution in [-0.4, -0.2) is 35.4 Å². The van der Waals surface area contributed by atoms with Crippen LogP contribution in [0.3, 0.4) is 0 Å². The normalized spacial score (nSPS) is 15.0. The van der Waals surface area contributed by atoms with Gasteiger partial charge in [0.15, 0.2) is 11.5 Å². The van der Waals surface area contributed by atoms with E-state index in [1.165, 1.54) is 0 Å². The Morgan fingerprint density at radius 3 is 2.88 bits per heavy atom. The third kappa shape index (κ3) is 4.12. The van der Waals surface area contributed by atoms with Crippen LogP contribution in [0.15, 0.2) is 41.2 Å². The zero-order chi connectivity index (χ0) is 21.9. The van der Waals surface area contributed by atoms with Gasteiger partial charge in [0.25, 0.3) is 11.5 Å². The molecule has 0 unspecified atom stereocenters. The summed E-state index contributed by atoms with van der Waals surface area (Å²) in [6.45, 7) is 1.57. The molecule has 0 bridgehead atoms. The summed E-state index contributed by atoms with van der Waals surface area (Å²) in [5, 5.41) is 3.40. The molecule has 8 heteroatoms. The van der Waals surface area contributed by atoms with Crippen LogP contribution < -0.4 is 25.1 Å². The Hall–Kier alpha value is -3.55. The third-order valence-corrected chi connectivity index (χ3v) is 5.83. The Balaban J connectivity index is 1.24. The summed E-state index contributed by atoms with van der Waals surface area (Å²) >= 11 is 0. The first-order valence-corrected chi connectivity index (χ1v) is 11.0. The van der Waals surface area contributed by atoms with Crippen molar-refractivity contribution in [3.8, 4) is 17.2 Å². The quantitative estimate of drug-likeness (QED) is 0.620. The molecule has 2 aromatic carbocycles. The number of carbonyl (C=O) groups excluding carboxylic acids is 1. The zero-order valence-electron chi connectivity index (χ0n) is 17.8. The smallest absolute Gasteiger partial charge is 0.261 e. The zero-order valence-corrected chi connectivity index (χ0v) is 17.8. The Morgan fingerprint density at radius 1 is 1.06 bits per heavy atom. The molecule has 2 aliphatic rings. The lowest BCUT2D eigenvalue weighted by atomic mass is 10.1. The summed E-state index contributed by atoms with van der Waals surface area (Å²) in [7, 11) is 0. The number of ether oxygens (including phenoxy) is 3. The molecule has 32 heavy (non-hydrogen) atoms. The van der Waals surface area contributed by atoms with E-state index in [0.29, 0.717) is 53.4 Å². The highest BCUT2D eigenvalue weighted by Gasteiger charge is 2.16. The van der Waals surface area contributed by atoms with Crippen LogP contribution in [0.2, 0.25) is 0 Å². The number of hydrogen-bond acceptors (Lipinski definition) is 6. The Bertz CT molecular complexity index is 1220. The fourth-order valence-corrected chi connectivity index (χ4v) is 4.14. The summed E-state index contributed by atoms with van der Waals surface area (Å²) in [6, 6.07) is 10.4. The Morgan fingerprint density at radius 2 is 1.94 bits per heavy atom. The van der Waals surface area contributed by atoms with Crippen LogP contribution in [0.1, 0.15) is 41.9 Å². The standard InChI is InChI=1S/C24H25N3O5/c28-23(25-10-12-30-17-7-9-20-21(14-17)32-15-31-20)16-6-8-18-19(13-16)26-22-5-3-1-2-4-11-27(22)24(18)29/h6-9,13-14H,1-5,10-12,15H2,(H,25,28). The Kier molecular flexibility index (Phi) is 5.66. The van der Waals surface area contributed by atoms with E-state index in [1.54, 1.807) is 41.0 Å². The van der Waals surface area contributed by atoms with Crippen LogP contribution in [0.25, 0.3) is 10.9 Å². The number of aromatic nitrogens is 2. The largest absolute Gasteiger partial charge is 0.492 e. The predicted octanol–water partition coefficient (Wildman–Crippen LogP) is 3.05. The molecule has 3 heterocycles. The van der Waals surface area contributed by atoms with Gasteiger partial charge in [-0.3, -0.25) is 14.2 Å². The minimum atomic E-state index is -0.227. The minimum absolute atomic E-state index is 0.0176. The van der Waals surface area contributed by atoms with Crippen LogP contribution in [-0.2, 0) is 13.0 Å². The van der Waals surface area contributed by atoms with Crippen molar-refractivity contribution in [1.29, 1.82) is 0 Å². The molecular weight excluding hydrogens is 410 g/mol. The molecule has 0 aliphatic carbocycles. The number of hydrogen-bond donors (Lipinski definition) is 1. The summed E-state index contributed by atoms with van der Waals surface area (Å²) in [4.78, 5) is 30.3. The van der Waals surface area contributed by atoms with Crippen molar-refractivity contribution in [3.05, 3.63) is 58.1 Å². The van der Waals surface area contributed by atoms with Crippen LogP contribution in [0.4, 0.5) is 0 Å². The second-order valence-electron chi connectivity index (χ2n) is 8.00. The van der Waals surface area contributed by atoms with E-state index in [2.05, 4.69) is 5.32 Å². The van der Waals surface area contributed by atoms with Crippen molar-refractivity contribution in [1.82, 2.24) is 14.9 Å². The van der Waals surface area contributed by atoms with Gasteiger partial charge in [0, 0.05) is 24.6 Å². The fraction of sp³-hybridized carbons (Fsp3) is 0.375. The average Bonchev–Trinajstić information content (AvgIpc) is 3.25. The van der Waals surface area contributed by atoms with E-state index in [4.69, 9.17) is 19.2 Å². The van der Waals surface area contributed by atoms with E-state index < -0.39 is 0 Å². The van der Waals surface area contributed by atoms with Gasteiger partial charge in [-0.15, -0.1) is 0 Å². The van der Waals surface area contributed by atoms with E-state index in [-0.39, 0.29) is 18.3 Å². The Labute approximate surface area is 185 Å². The maximum atomic E-state index is 12.9. The minimum Gasteiger partial charge on any atom is -0.492 e. The molecule has 1 N–H and O–H groups in total. The fourth-order valence-electron chi connectivity index (χ4n) is 4.14. The number of aryl methyl sites for hydroxylation is 1. The van der Waals surface area contributed by atoms with Gasteiger partial charge in [-0.25, -0.2) is 4.98 Å². The van der Waals surface area contributed by atoms with Gasteiger partial charge in [0.1, 0.15) is 18.2 Å². The highest BCUT2D eigenvalue weighted by Crippen LogP contribution is 2.35. The molecule has 3 aromatic rings. The van der Waals surface area contributed by atoms with E-state index in [0.717, 1.165) is 37.9 Å². The van der Waals surface area contributed by atoms with Gasteiger partial charge < -0.3 is 19.5 Å². The van der Waals surface area contributed by atoms with Gasteiger partial charge in [-0.1, -0.05) is 12.8 Å². The van der Waals surface area contributed by atoms with Crippen molar-refractivity contribution >= 4 is 16.8 Å². The lowest BCUT2D eigenvalue weighted by molar-refractivity contribution is 0.0947. The monoisotopic (exact) mass is 435 g/mol. The topological polar surface area (TPSA) is 91.7 Å². The first-order valence-electron chi connectivity index (χ1n) is 11.0. The maximum absolute atomic E-state index is 12.9. The van der Waals surface area contributed by atoms with E-state index >= 15 is 0 Å². The van der Waals surface area contributed by atoms with Crippen LogP contribution in [0.5, 0.6) is 17.2 Å². The molecule has 1 aromatic heterocycles. The summed E-state index contributed by atoms with van der Waals surface area (Å²) in [6.07, 6.45) is 5.11. The number of carbonyl (C=O) groups is 1. The summed E-state index contributed by atoms with van der Waals surface area (Å²) in [5.41, 5.74) is 1.03. The van der Waals surface area contributed by atoms with E-state index in [9.17, 15) is 9.59 Å². The second-order valence-corrected chi connectivity index (χ2v) is 8.00. The predicted molar refractivity (Wildman–Crippen MR) is 119 cm³/mol. The first-order chi connectivity index (χ1) is 15.7. The molecule has 5 rings (SSSR count). The van der Waals surface area contributed by atoms with Gasteiger partial charge >= 0.3 is 0 Å². The second kappa shape index (κ2) is 8.90. The summed E-state index contributed by atoms with van der Waals surface area (Å²) < 4.78 is 18.1. The number of nitrogens with zero attached hydrogens (tertiary/aromatic N) is 2. The van der Waals surface area contributed by atoms with Crippen molar-refractivity contribution in [2.45, 2.75) is 38.6 Å². The molecule has 8 nitrogen and oxygen atoms in total. The molecule has 0 fully saturated rings. The number of nitrogens with one attached hydrogen (secondary N) is 1. The molecule has 1 amide bonds. The number of fused-ring (bicyclic) bond motifs is 3. The molecule has 2 aliphatic heterocycles. The third-order valence-electron chi connectivity index (χ3n) is 5.83. The molecule has 0 saturated carbocycles.